The molecule has 10 nitrogen and oxygen atoms in total. The van der Waals surface area contributed by atoms with E-state index in [4.69, 9.17) is 20.2 Å². The molecule has 3 heterocycles. The van der Waals surface area contributed by atoms with Crippen LogP contribution in [0.5, 0.6) is 5.75 Å². The number of amides is 1. The Morgan fingerprint density at radius 3 is 2.82 bits per heavy atom. The SMILES string of the molecule is COCCc1nc2c(N3CCC[C@H]3CN)c(NC(=O)c3ccnc(-c4c(F)cccc4OC)n3)ccc2n1C. The maximum Gasteiger partial charge on any atom is 0.274 e. The number of aromatic nitrogens is 4. The molecule has 1 aliphatic rings. The zero-order chi connectivity index (χ0) is 27.5. The maximum atomic E-state index is 14.7. The van der Waals surface area contributed by atoms with Gasteiger partial charge in [0.15, 0.2) is 5.82 Å². The van der Waals surface area contributed by atoms with Crippen molar-refractivity contribution in [3.8, 4) is 17.1 Å². The van der Waals surface area contributed by atoms with E-state index in [1.165, 1.54) is 31.5 Å². The van der Waals surface area contributed by atoms with Crippen LogP contribution in [0, 0.1) is 5.82 Å². The van der Waals surface area contributed by atoms with Crippen LogP contribution in [0.25, 0.3) is 22.4 Å². The molecule has 39 heavy (non-hydrogen) atoms. The van der Waals surface area contributed by atoms with E-state index in [1.807, 2.05) is 19.2 Å². The van der Waals surface area contributed by atoms with Crippen LogP contribution in [0.15, 0.2) is 42.6 Å². The number of carbonyl (C=O) groups excluding carboxylic acids is 1. The van der Waals surface area contributed by atoms with Gasteiger partial charge in [-0.1, -0.05) is 6.07 Å². The van der Waals surface area contributed by atoms with Gasteiger partial charge in [0.05, 0.1) is 36.2 Å². The van der Waals surface area contributed by atoms with Gasteiger partial charge in [-0.25, -0.2) is 19.3 Å². The van der Waals surface area contributed by atoms with E-state index in [9.17, 15) is 9.18 Å². The van der Waals surface area contributed by atoms with Crippen LogP contribution in [0.1, 0.15) is 29.2 Å². The molecule has 0 bridgehead atoms. The molecule has 0 unspecified atom stereocenters. The summed E-state index contributed by atoms with van der Waals surface area (Å²) in [7, 11) is 5.09. The molecule has 4 aromatic rings. The summed E-state index contributed by atoms with van der Waals surface area (Å²) in [5.74, 6) is 0.235. The Morgan fingerprint density at radius 1 is 1.21 bits per heavy atom. The number of rotatable bonds is 9. The molecule has 2 aromatic heterocycles. The van der Waals surface area contributed by atoms with Gasteiger partial charge >= 0.3 is 0 Å². The number of nitrogens with one attached hydrogen (secondary N) is 1. The molecule has 204 valence electrons. The van der Waals surface area contributed by atoms with Crippen molar-refractivity contribution in [2.24, 2.45) is 12.8 Å². The number of halogens is 1. The van der Waals surface area contributed by atoms with Crippen molar-refractivity contribution in [2.75, 3.05) is 44.1 Å². The highest BCUT2D eigenvalue weighted by Gasteiger charge is 2.29. The van der Waals surface area contributed by atoms with Crippen LogP contribution in [-0.4, -0.2) is 65.4 Å². The molecule has 5 rings (SSSR count). The molecule has 3 N–H and O–H groups in total. The molecule has 0 spiro atoms. The lowest BCUT2D eigenvalue weighted by Gasteiger charge is -2.28. The van der Waals surface area contributed by atoms with E-state index in [-0.39, 0.29) is 28.9 Å². The number of nitrogens with two attached hydrogens (primary N) is 1. The van der Waals surface area contributed by atoms with Crippen LogP contribution in [-0.2, 0) is 18.2 Å². The average molecular weight is 534 g/mol. The highest BCUT2D eigenvalue weighted by atomic mass is 19.1. The first kappa shape index (κ1) is 26.5. The molecule has 1 atom stereocenters. The Kier molecular flexibility index (Phi) is 7.71. The summed E-state index contributed by atoms with van der Waals surface area (Å²) < 4.78 is 27.3. The van der Waals surface area contributed by atoms with Crippen LogP contribution >= 0.6 is 0 Å². The fraction of sp³-hybridized carbons (Fsp3) is 0.357. The summed E-state index contributed by atoms with van der Waals surface area (Å²) in [5.41, 5.74) is 9.49. The third kappa shape index (κ3) is 5.02. The summed E-state index contributed by atoms with van der Waals surface area (Å²) in [6, 6.07) is 9.91. The van der Waals surface area contributed by atoms with Crippen molar-refractivity contribution in [1.29, 1.82) is 0 Å². The number of benzene rings is 2. The number of methoxy groups -OCH3 is 2. The minimum atomic E-state index is -0.541. The first-order valence-corrected chi connectivity index (χ1v) is 12.9. The molecular formula is C28H32FN7O3. The molecule has 2 aromatic carbocycles. The molecular weight excluding hydrogens is 501 g/mol. The fourth-order valence-corrected chi connectivity index (χ4v) is 5.16. The quantitative estimate of drug-likeness (QED) is 0.335. The number of fused-ring (bicyclic) bond motifs is 1. The first-order valence-electron chi connectivity index (χ1n) is 12.9. The topological polar surface area (TPSA) is 120 Å². The molecule has 11 heteroatoms. The second kappa shape index (κ2) is 11.3. The standard InChI is InChI=1S/C28H32FN7O3/c1-35-21-10-9-19(26(36-14-5-6-17(36)16-30)25(21)34-23(35)12-15-38-2)33-28(37)20-11-13-31-27(32-20)24-18(29)7-4-8-22(24)39-3/h4,7-11,13,17H,5-6,12,14-16,30H2,1-3H3,(H,33,37)/t17-/m0/s1. The predicted molar refractivity (Wildman–Crippen MR) is 148 cm³/mol. The van der Waals surface area contributed by atoms with Gasteiger partial charge in [-0.3, -0.25) is 4.79 Å². The Labute approximate surface area is 226 Å². The van der Waals surface area contributed by atoms with Gasteiger partial charge < -0.3 is 30.0 Å². The number of ether oxygens (including phenoxy) is 2. The van der Waals surface area contributed by atoms with Crippen molar-refractivity contribution in [3.63, 3.8) is 0 Å². The highest BCUT2D eigenvalue weighted by Crippen LogP contribution is 2.39. The zero-order valence-corrected chi connectivity index (χ0v) is 22.3. The van der Waals surface area contributed by atoms with Crippen LogP contribution < -0.4 is 20.7 Å². The van der Waals surface area contributed by atoms with Crippen molar-refractivity contribution in [2.45, 2.75) is 25.3 Å². The minimum absolute atomic E-state index is 0.0588. The van der Waals surface area contributed by atoms with Gasteiger partial charge in [0.25, 0.3) is 5.91 Å². The van der Waals surface area contributed by atoms with Crippen LogP contribution in [0.3, 0.4) is 0 Å². The summed E-state index contributed by atoms with van der Waals surface area (Å²) >= 11 is 0. The molecule has 1 saturated heterocycles. The minimum Gasteiger partial charge on any atom is -0.496 e. The smallest absolute Gasteiger partial charge is 0.274 e. The Morgan fingerprint density at radius 2 is 2.05 bits per heavy atom. The van der Waals surface area contributed by atoms with E-state index in [2.05, 4.69) is 24.8 Å². The Balaban J connectivity index is 1.55. The van der Waals surface area contributed by atoms with Gasteiger partial charge in [-0.15, -0.1) is 0 Å². The van der Waals surface area contributed by atoms with E-state index in [0.717, 1.165) is 41.9 Å². The number of aryl methyl sites for hydroxylation is 1. The van der Waals surface area contributed by atoms with Gasteiger partial charge in [-0.2, -0.15) is 0 Å². The zero-order valence-electron chi connectivity index (χ0n) is 22.3. The van der Waals surface area contributed by atoms with Crippen LogP contribution in [0.4, 0.5) is 15.8 Å². The van der Waals surface area contributed by atoms with Crippen molar-refractivity contribution < 1.29 is 18.7 Å². The van der Waals surface area contributed by atoms with Crippen molar-refractivity contribution >= 4 is 28.3 Å². The fourth-order valence-electron chi connectivity index (χ4n) is 5.16. The van der Waals surface area contributed by atoms with Gasteiger partial charge in [0.2, 0.25) is 0 Å². The number of hydrogen-bond acceptors (Lipinski definition) is 8. The van der Waals surface area contributed by atoms with Crippen molar-refractivity contribution in [1.82, 2.24) is 19.5 Å². The highest BCUT2D eigenvalue weighted by molar-refractivity contribution is 6.08. The van der Waals surface area contributed by atoms with Gasteiger partial charge in [0, 0.05) is 45.9 Å². The number of imidazole rings is 1. The second-order valence-electron chi connectivity index (χ2n) is 9.42. The van der Waals surface area contributed by atoms with E-state index >= 15 is 0 Å². The lowest BCUT2D eigenvalue weighted by atomic mass is 10.1. The summed E-state index contributed by atoms with van der Waals surface area (Å²) in [6.07, 6.45) is 4.05. The first-order chi connectivity index (χ1) is 19.0. The monoisotopic (exact) mass is 533 g/mol. The number of anilines is 2. The van der Waals surface area contributed by atoms with E-state index in [1.54, 1.807) is 13.2 Å². The summed E-state index contributed by atoms with van der Waals surface area (Å²) in [6.45, 7) is 1.85. The number of carbonyl (C=O) groups is 1. The number of nitrogens with zero attached hydrogens (tertiary/aromatic N) is 5. The van der Waals surface area contributed by atoms with E-state index < -0.39 is 11.7 Å². The van der Waals surface area contributed by atoms with Gasteiger partial charge in [-0.05, 0) is 43.2 Å². The average Bonchev–Trinajstić information content (AvgIpc) is 3.55. The lowest BCUT2D eigenvalue weighted by Crippen LogP contribution is -2.36. The second-order valence-corrected chi connectivity index (χ2v) is 9.42. The Hall–Kier alpha value is -4.09. The van der Waals surface area contributed by atoms with E-state index in [0.29, 0.717) is 25.3 Å². The molecule has 0 radical (unpaired) electrons. The molecule has 0 aliphatic carbocycles. The maximum absolute atomic E-state index is 14.7. The molecule has 1 amide bonds. The third-order valence-electron chi connectivity index (χ3n) is 7.14. The van der Waals surface area contributed by atoms with Gasteiger partial charge in [0.1, 0.15) is 28.6 Å². The number of hydrogen-bond donors (Lipinski definition) is 2. The summed E-state index contributed by atoms with van der Waals surface area (Å²) in [5, 5.41) is 3.02. The summed E-state index contributed by atoms with van der Waals surface area (Å²) in [4.78, 5) is 29.2. The molecule has 0 saturated carbocycles. The normalized spacial score (nSPS) is 15.2. The lowest BCUT2D eigenvalue weighted by molar-refractivity contribution is 0.102. The van der Waals surface area contributed by atoms with Crippen molar-refractivity contribution in [3.05, 3.63) is 59.9 Å². The molecule has 1 fully saturated rings. The Bertz CT molecular complexity index is 1510. The van der Waals surface area contributed by atoms with Crippen LogP contribution in [0.2, 0.25) is 0 Å². The largest absolute Gasteiger partial charge is 0.496 e. The molecule has 1 aliphatic heterocycles. The predicted octanol–water partition coefficient (Wildman–Crippen LogP) is 3.55. The third-order valence-corrected chi connectivity index (χ3v) is 7.14.